The van der Waals surface area contributed by atoms with Gasteiger partial charge in [0.15, 0.2) is 0 Å². The van der Waals surface area contributed by atoms with Crippen LogP contribution in [0.2, 0.25) is 0 Å². The average Bonchev–Trinajstić information content (AvgIpc) is 2.45. The zero-order valence-electron chi connectivity index (χ0n) is 12.9. The Kier molecular flexibility index (Phi) is 4.27. The Morgan fingerprint density at radius 3 is 2.36 bits per heavy atom. The van der Waals surface area contributed by atoms with Gasteiger partial charge in [-0.3, -0.25) is 9.52 Å². The normalized spacial score (nSPS) is 11.3. The monoisotopic (exact) mass is 322 g/mol. The third-order valence-corrected chi connectivity index (χ3v) is 4.81. The van der Waals surface area contributed by atoms with Gasteiger partial charge < -0.3 is 9.30 Å². The molecule has 0 bridgehead atoms. The molecule has 1 N–H and O–H groups in total. The van der Waals surface area contributed by atoms with Gasteiger partial charge in [-0.15, -0.1) is 0 Å². The Morgan fingerprint density at radius 2 is 1.77 bits per heavy atom. The number of methoxy groups -OCH3 is 1. The number of anilines is 1. The topological polar surface area (TPSA) is 77.4 Å². The molecule has 0 aliphatic rings. The number of sulfonamides is 1. The van der Waals surface area contributed by atoms with E-state index in [9.17, 15) is 13.2 Å². The number of aryl methyl sites for hydroxylation is 3. The van der Waals surface area contributed by atoms with E-state index in [2.05, 4.69) is 4.72 Å². The molecule has 0 aliphatic heterocycles. The lowest BCUT2D eigenvalue weighted by Crippen LogP contribution is -2.19. The molecule has 0 radical (unpaired) electrons. The first kappa shape index (κ1) is 16.1. The van der Waals surface area contributed by atoms with Crippen LogP contribution in [0.1, 0.15) is 11.1 Å². The summed E-state index contributed by atoms with van der Waals surface area (Å²) in [6, 6.07) is 5.98. The summed E-state index contributed by atoms with van der Waals surface area (Å²) in [5.74, 6) is 0.278. The van der Waals surface area contributed by atoms with Gasteiger partial charge in [0, 0.05) is 19.3 Å². The minimum absolute atomic E-state index is 0.0620. The van der Waals surface area contributed by atoms with Crippen molar-refractivity contribution in [1.29, 1.82) is 0 Å². The number of nitrogens with one attached hydrogen (secondary N) is 1. The van der Waals surface area contributed by atoms with Crippen molar-refractivity contribution in [3.05, 3.63) is 51.9 Å². The fourth-order valence-corrected chi connectivity index (χ4v) is 3.28. The fraction of sp³-hybridized carbons (Fsp3) is 0.267. The predicted octanol–water partition coefficient (Wildman–Crippen LogP) is 1.81. The zero-order valence-corrected chi connectivity index (χ0v) is 13.7. The molecule has 7 heteroatoms. The Hall–Kier alpha value is -2.28. The second-order valence-corrected chi connectivity index (χ2v) is 6.71. The highest BCUT2D eigenvalue weighted by Gasteiger charge is 2.21. The fourth-order valence-electron chi connectivity index (χ4n) is 2.00. The molecule has 0 aliphatic carbocycles. The van der Waals surface area contributed by atoms with Crippen molar-refractivity contribution in [2.75, 3.05) is 11.8 Å². The highest BCUT2D eigenvalue weighted by molar-refractivity contribution is 7.92. The van der Waals surface area contributed by atoms with Gasteiger partial charge in [-0.1, -0.05) is 0 Å². The van der Waals surface area contributed by atoms with Crippen LogP contribution >= 0.6 is 0 Å². The van der Waals surface area contributed by atoms with Gasteiger partial charge in [-0.25, -0.2) is 8.42 Å². The zero-order chi connectivity index (χ0) is 16.5. The number of nitrogens with zero attached hydrogens (tertiary/aromatic N) is 1. The molecule has 0 fully saturated rings. The molecule has 6 nitrogen and oxygen atoms in total. The molecule has 0 saturated heterocycles. The summed E-state index contributed by atoms with van der Waals surface area (Å²) in [5.41, 5.74) is 1.88. The number of aromatic nitrogens is 1. The minimum atomic E-state index is -3.82. The van der Waals surface area contributed by atoms with E-state index in [1.54, 1.807) is 19.2 Å². The maximum Gasteiger partial charge on any atom is 0.265 e. The maximum absolute atomic E-state index is 12.6. The van der Waals surface area contributed by atoms with E-state index < -0.39 is 10.0 Å². The standard InChI is InChI=1S/C15H18N2O4S/c1-10-7-13(21-4)14(8-11(10)2)22(19,20)16-12-5-6-15(18)17(3)9-12/h5-9,16H,1-4H3. The van der Waals surface area contributed by atoms with E-state index >= 15 is 0 Å². The Labute approximate surface area is 129 Å². The smallest absolute Gasteiger partial charge is 0.265 e. The van der Waals surface area contributed by atoms with Crippen LogP contribution in [0.25, 0.3) is 0 Å². The van der Waals surface area contributed by atoms with E-state index in [1.165, 1.54) is 30.0 Å². The van der Waals surface area contributed by atoms with Crippen LogP contribution in [0.5, 0.6) is 5.75 Å². The first-order valence-electron chi connectivity index (χ1n) is 6.59. The summed E-state index contributed by atoms with van der Waals surface area (Å²) in [7, 11) is -0.837. The Bertz CT molecular complexity index is 870. The van der Waals surface area contributed by atoms with Crippen LogP contribution in [-0.4, -0.2) is 20.1 Å². The Balaban J connectivity index is 2.48. The molecule has 2 aromatic rings. The van der Waals surface area contributed by atoms with Crippen molar-refractivity contribution in [1.82, 2.24) is 4.57 Å². The lowest BCUT2D eigenvalue weighted by Gasteiger charge is -2.14. The predicted molar refractivity (Wildman–Crippen MR) is 85.0 cm³/mol. The van der Waals surface area contributed by atoms with Crippen LogP contribution in [0.4, 0.5) is 5.69 Å². The van der Waals surface area contributed by atoms with E-state index in [0.717, 1.165) is 11.1 Å². The maximum atomic E-state index is 12.6. The number of hydrogen-bond acceptors (Lipinski definition) is 4. The summed E-state index contributed by atoms with van der Waals surface area (Å²) in [5, 5.41) is 0. The average molecular weight is 322 g/mol. The summed E-state index contributed by atoms with van der Waals surface area (Å²) in [6.07, 6.45) is 1.42. The van der Waals surface area contributed by atoms with Gasteiger partial charge in [-0.05, 0) is 43.2 Å². The van der Waals surface area contributed by atoms with Crippen molar-refractivity contribution in [3.63, 3.8) is 0 Å². The SMILES string of the molecule is COc1cc(C)c(C)cc1S(=O)(=O)Nc1ccc(=O)n(C)c1. The number of hydrogen-bond donors (Lipinski definition) is 1. The summed E-state index contributed by atoms with van der Waals surface area (Å²) >= 11 is 0. The quantitative estimate of drug-likeness (QED) is 0.931. The van der Waals surface area contributed by atoms with Crippen molar-refractivity contribution in [2.45, 2.75) is 18.7 Å². The van der Waals surface area contributed by atoms with Gasteiger partial charge in [0.1, 0.15) is 10.6 Å². The van der Waals surface area contributed by atoms with Crippen molar-refractivity contribution < 1.29 is 13.2 Å². The molecule has 0 amide bonds. The first-order chi connectivity index (χ1) is 10.2. The van der Waals surface area contributed by atoms with E-state index in [1.807, 2.05) is 13.8 Å². The number of pyridine rings is 1. The summed E-state index contributed by atoms with van der Waals surface area (Å²) in [4.78, 5) is 11.4. The molecule has 2 rings (SSSR count). The van der Waals surface area contributed by atoms with Gasteiger partial charge in [-0.2, -0.15) is 0 Å². The molecular formula is C15H18N2O4S. The molecule has 1 heterocycles. The molecule has 0 unspecified atom stereocenters. The number of rotatable bonds is 4. The summed E-state index contributed by atoms with van der Waals surface area (Å²) in [6.45, 7) is 3.72. The van der Waals surface area contributed by atoms with Gasteiger partial charge in [0.2, 0.25) is 5.56 Å². The van der Waals surface area contributed by atoms with Crippen LogP contribution < -0.4 is 15.0 Å². The van der Waals surface area contributed by atoms with Gasteiger partial charge in [0.25, 0.3) is 10.0 Å². The van der Waals surface area contributed by atoms with Gasteiger partial charge >= 0.3 is 0 Å². The molecule has 118 valence electrons. The van der Waals surface area contributed by atoms with Crippen molar-refractivity contribution in [2.24, 2.45) is 7.05 Å². The first-order valence-corrected chi connectivity index (χ1v) is 8.07. The van der Waals surface area contributed by atoms with E-state index in [-0.39, 0.29) is 16.2 Å². The van der Waals surface area contributed by atoms with Gasteiger partial charge in [0.05, 0.1) is 12.8 Å². The van der Waals surface area contributed by atoms with Crippen LogP contribution in [0, 0.1) is 13.8 Å². The van der Waals surface area contributed by atoms with Crippen molar-refractivity contribution >= 4 is 15.7 Å². The molecule has 0 spiro atoms. The third-order valence-electron chi connectivity index (χ3n) is 3.41. The number of ether oxygens (including phenoxy) is 1. The minimum Gasteiger partial charge on any atom is -0.495 e. The van der Waals surface area contributed by atoms with Crippen LogP contribution in [0.15, 0.2) is 40.2 Å². The molecule has 1 aromatic heterocycles. The Morgan fingerprint density at radius 1 is 1.14 bits per heavy atom. The lowest BCUT2D eigenvalue weighted by atomic mass is 10.1. The number of benzene rings is 1. The second kappa shape index (κ2) is 5.84. The summed E-state index contributed by atoms with van der Waals surface area (Å²) < 4.78 is 34.1. The van der Waals surface area contributed by atoms with Crippen LogP contribution in [-0.2, 0) is 17.1 Å². The molecule has 0 atom stereocenters. The highest BCUT2D eigenvalue weighted by Crippen LogP contribution is 2.28. The second-order valence-electron chi connectivity index (χ2n) is 5.06. The lowest BCUT2D eigenvalue weighted by molar-refractivity contribution is 0.402. The molecule has 0 saturated carbocycles. The molecular weight excluding hydrogens is 304 g/mol. The van der Waals surface area contributed by atoms with Crippen LogP contribution in [0.3, 0.4) is 0 Å². The largest absolute Gasteiger partial charge is 0.495 e. The van der Waals surface area contributed by atoms with E-state index in [0.29, 0.717) is 5.69 Å². The molecule has 22 heavy (non-hydrogen) atoms. The third kappa shape index (κ3) is 3.14. The molecule has 1 aromatic carbocycles. The van der Waals surface area contributed by atoms with Crippen molar-refractivity contribution in [3.8, 4) is 5.75 Å². The highest BCUT2D eigenvalue weighted by atomic mass is 32.2. The van der Waals surface area contributed by atoms with E-state index in [4.69, 9.17) is 4.74 Å².